The highest BCUT2D eigenvalue weighted by atomic mass is 16.3. The van der Waals surface area contributed by atoms with Crippen LogP contribution in [0.3, 0.4) is 0 Å². The van der Waals surface area contributed by atoms with Crippen LogP contribution in [0.5, 0.6) is 5.75 Å². The average molecular weight is 202 g/mol. The Morgan fingerprint density at radius 2 is 1.80 bits per heavy atom. The third-order valence-corrected chi connectivity index (χ3v) is 2.84. The van der Waals surface area contributed by atoms with Gasteiger partial charge in [0.15, 0.2) is 0 Å². The average Bonchev–Trinajstić information content (AvgIpc) is 2.19. The summed E-state index contributed by atoms with van der Waals surface area (Å²) >= 11 is 0. The van der Waals surface area contributed by atoms with E-state index in [-0.39, 0.29) is 5.41 Å². The Morgan fingerprint density at radius 1 is 1.27 bits per heavy atom. The molecule has 0 atom stereocenters. The van der Waals surface area contributed by atoms with Crippen LogP contribution in [0.15, 0.2) is 48.6 Å². The van der Waals surface area contributed by atoms with Gasteiger partial charge in [0.05, 0.1) is 0 Å². The van der Waals surface area contributed by atoms with Gasteiger partial charge in [0.25, 0.3) is 0 Å². The number of hydrogen-bond acceptors (Lipinski definition) is 1. The zero-order valence-electron chi connectivity index (χ0n) is 9.62. The molecule has 15 heavy (non-hydrogen) atoms. The van der Waals surface area contributed by atoms with E-state index in [1.165, 1.54) is 11.1 Å². The summed E-state index contributed by atoms with van der Waals surface area (Å²) in [6, 6.07) is 7.32. The van der Waals surface area contributed by atoms with Gasteiger partial charge in [-0.3, -0.25) is 0 Å². The Hall–Kier alpha value is -1.50. The fourth-order valence-corrected chi connectivity index (χ4v) is 1.78. The molecule has 1 rings (SSSR count). The second-order valence-corrected chi connectivity index (χ2v) is 4.12. The van der Waals surface area contributed by atoms with Crippen LogP contribution in [0.2, 0.25) is 0 Å². The van der Waals surface area contributed by atoms with Crippen molar-refractivity contribution in [1.29, 1.82) is 0 Å². The van der Waals surface area contributed by atoms with Crippen molar-refractivity contribution >= 4 is 0 Å². The largest absolute Gasteiger partial charge is 0.508 e. The van der Waals surface area contributed by atoms with E-state index in [2.05, 4.69) is 26.5 Å². The van der Waals surface area contributed by atoms with E-state index < -0.39 is 0 Å². The molecule has 0 fully saturated rings. The van der Waals surface area contributed by atoms with Gasteiger partial charge in [0.1, 0.15) is 5.75 Å². The predicted octanol–water partition coefficient (Wildman–Crippen LogP) is 3.80. The summed E-state index contributed by atoms with van der Waals surface area (Å²) in [5.41, 5.74) is 2.30. The molecule has 1 N–H and O–H groups in total. The molecule has 80 valence electrons. The minimum absolute atomic E-state index is 0.0653. The number of benzene rings is 1. The van der Waals surface area contributed by atoms with Crippen molar-refractivity contribution in [2.75, 3.05) is 0 Å². The van der Waals surface area contributed by atoms with Gasteiger partial charge in [0, 0.05) is 5.41 Å². The van der Waals surface area contributed by atoms with Crippen LogP contribution in [0.25, 0.3) is 0 Å². The monoisotopic (exact) mass is 202 g/mol. The highest BCUT2D eigenvalue weighted by Gasteiger charge is 2.22. The first-order valence-electron chi connectivity index (χ1n) is 5.11. The third-order valence-electron chi connectivity index (χ3n) is 2.84. The summed E-state index contributed by atoms with van der Waals surface area (Å²) in [7, 11) is 0. The molecule has 1 heteroatoms. The lowest BCUT2D eigenvalue weighted by Gasteiger charge is -2.27. The molecule has 0 radical (unpaired) electrons. The summed E-state index contributed by atoms with van der Waals surface area (Å²) in [5.74, 6) is 0.301. The summed E-state index contributed by atoms with van der Waals surface area (Å²) in [4.78, 5) is 0. The van der Waals surface area contributed by atoms with Crippen LogP contribution in [0.1, 0.15) is 26.3 Å². The lowest BCUT2D eigenvalue weighted by atomic mass is 9.77. The molecule has 1 aromatic carbocycles. The number of phenolic OH excluding ortho intramolecular Hbond substituents is 1. The molecule has 0 spiro atoms. The number of allylic oxidation sites excluding steroid dienone is 3. The van der Waals surface area contributed by atoms with Crippen molar-refractivity contribution in [1.82, 2.24) is 0 Å². The van der Waals surface area contributed by atoms with E-state index in [1.807, 2.05) is 25.1 Å². The molecule has 0 heterocycles. The maximum Gasteiger partial charge on any atom is 0.115 e. The van der Waals surface area contributed by atoms with E-state index in [0.29, 0.717) is 5.75 Å². The van der Waals surface area contributed by atoms with Crippen molar-refractivity contribution < 1.29 is 5.11 Å². The molecule has 1 aromatic rings. The number of rotatable bonds is 3. The topological polar surface area (TPSA) is 20.2 Å². The van der Waals surface area contributed by atoms with Crippen molar-refractivity contribution in [3.05, 3.63) is 54.1 Å². The summed E-state index contributed by atoms with van der Waals surface area (Å²) in [6.45, 7) is 10.1. The number of aromatic hydroxyl groups is 1. The van der Waals surface area contributed by atoms with Gasteiger partial charge in [0.2, 0.25) is 0 Å². The number of phenols is 1. The van der Waals surface area contributed by atoms with Gasteiger partial charge >= 0.3 is 0 Å². The van der Waals surface area contributed by atoms with Crippen LogP contribution in [0.4, 0.5) is 0 Å². The standard InChI is InChI=1S/C14H18O/c1-5-11(6-2)14(3,4)12-7-9-13(15)10-8-12/h5-10,15H,1H2,2-4H3/b11-6+. The molecule has 0 saturated heterocycles. The molecule has 0 unspecified atom stereocenters. The summed E-state index contributed by atoms with van der Waals surface area (Å²) < 4.78 is 0. The van der Waals surface area contributed by atoms with Gasteiger partial charge in [-0.1, -0.05) is 44.7 Å². The second kappa shape index (κ2) is 4.35. The molecule has 0 aliphatic rings. The van der Waals surface area contributed by atoms with E-state index in [4.69, 9.17) is 0 Å². The normalized spacial score (nSPS) is 12.6. The first kappa shape index (κ1) is 11.6. The van der Waals surface area contributed by atoms with Crippen LogP contribution >= 0.6 is 0 Å². The molecular weight excluding hydrogens is 184 g/mol. The Balaban J connectivity index is 3.15. The lowest BCUT2D eigenvalue weighted by Crippen LogP contribution is -2.18. The fraction of sp³-hybridized carbons (Fsp3) is 0.286. The zero-order valence-corrected chi connectivity index (χ0v) is 9.62. The Bertz CT molecular complexity index is 369. The minimum atomic E-state index is -0.0653. The van der Waals surface area contributed by atoms with Crippen LogP contribution in [-0.2, 0) is 5.41 Å². The highest BCUT2D eigenvalue weighted by molar-refractivity contribution is 5.40. The molecular formula is C14H18O. The maximum absolute atomic E-state index is 9.24. The van der Waals surface area contributed by atoms with Crippen LogP contribution < -0.4 is 0 Å². The molecule has 0 amide bonds. The van der Waals surface area contributed by atoms with Crippen molar-refractivity contribution in [3.63, 3.8) is 0 Å². The summed E-state index contributed by atoms with van der Waals surface area (Å²) in [5, 5.41) is 9.24. The van der Waals surface area contributed by atoms with E-state index in [1.54, 1.807) is 12.1 Å². The molecule has 1 nitrogen and oxygen atoms in total. The summed E-state index contributed by atoms with van der Waals surface area (Å²) in [6.07, 6.45) is 3.95. The fourth-order valence-electron chi connectivity index (χ4n) is 1.78. The minimum Gasteiger partial charge on any atom is -0.508 e. The van der Waals surface area contributed by atoms with Crippen molar-refractivity contribution in [2.24, 2.45) is 0 Å². The van der Waals surface area contributed by atoms with E-state index in [0.717, 1.165) is 0 Å². The van der Waals surface area contributed by atoms with Gasteiger partial charge < -0.3 is 5.11 Å². The van der Waals surface area contributed by atoms with Gasteiger partial charge in [-0.15, -0.1) is 0 Å². The lowest BCUT2D eigenvalue weighted by molar-refractivity contribution is 0.474. The van der Waals surface area contributed by atoms with Crippen LogP contribution in [-0.4, -0.2) is 5.11 Å². The molecule has 0 saturated carbocycles. The van der Waals surface area contributed by atoms with Crippen molar-refractivity contribution in [3.8, 4) is 5.75 Å². The maximum atomic E-state index is 9.24. The molecule has 0 aromatic heterocycles. The molecule has 0 bridgehead atoms. The number of hydrogen-bond donors (Lipinski definition) is 1. The van der Waals surface area contributed by atoms with E-state index >= 15 is 0 Å². The third kappa shape index (κ3) is 2.30. The second-order valence-electron chi connectivity index (χ2n) is 4.12. The van der Waals surface area contributed by atoms with Crippen molar-refractivity contribution in [2.45, 2.75) is 26.2 Å². The van der Waals surface area contributed by atoms with Crippen LogP contribution in [0, 0.1) is 0 Å². The van der Waals surface area contributed by atoms with Gasteiger partial charge in [-0.05, 0) is 30.2 Å². The smallest absolute Gasteiger partial charge is 0.115 e. The first-order valence-corrected chi connectivity index (χ1v) is 5.11. The van der Waals surface area contributed by atoms with E-state index in [9.17, 15) is 5.11 Å². The first-order chi connectivity index (χ1) is 7.02. The zero-order chi connectivity index (χ0) is 11.5. The predicted molar refractivity (Wildman–Crippen MR) is 65.1 cm³/mol. The Morgan fingerprint density at radius 3 is 2.20 bits per heavy atom. The SMILES string of the molecule is C=C/C(=C\C)C(C)(C)c1ccc(O)cc1. The molecule has 0 aliphatic heterocycles. The Kier molecular flexibility index (Phi) is 3.35. The quantitative estimate of drug-likeness (QED) is 0.739. The highest BCUT2D eigenvalue weighted by Crippen LogP contribution is 2.32. The molecule has 0 aliphatic carbocycles. The Labute approximate surface area is 91.8 Å². The van der Waals surface area contributed by atoms with Gasteiger partial charge in [-0.25, -0.2) is 0 Å². The van der Waals surface area contributed by atoms with Gasteiger partial charge in [-0.2, -0.15) is 0 Å².